The minimum Gasteiger partial charge on any atom is -0.505 e. The van der Waals surface area contributed by atoms with Crippen LogP contribution < -0.4 is 5.32 Å². The lowest BCUT2D eigenvalue weighted by atomic mass is 10.1. The van der Waals surface area contributed by atoms with Gasteiger partial charge < -0.3 is 15.5 Å². The van der Waals surface area contributed by atoms with Gasteiger partial charge >= 0.3 is 0 Å². The van der Waals surface area contributed by atoms with Gasteiger partial charge in [-0.2, -0.15) is 33.7 Å². The molecule has 0 unspecified atom stereocenters. The van der Waals surface area contributed by atoms with Crippen LogP contribution in [0.5, 0.6) is 11.5 Å². The van der Waals surface area contributed by atoms with Crippen LogP contribution >= 0.6 is 0 Å². The molecular formula is C32H23N5O14S4. The lowest BCUT2D eigenvalue weighted by Crippen LogP contribution is -2.00. The molecule has 0 saturated heterocycles. The van der Waals surface area contributed by atoms with Gasteiger partial charge in [0.25, 0.3) is 40.5 Å². The zero-order valence-corrected chi connectivity index (χ0v) is 30.4. The van der Waals surface area contributed by atoms with E-state index in [0.29, 0.717) is 0 Å². The van der Waals surface area contributed by atoms with E-state index in [9.17, 15) is 62.1 Å². The van der Waals surface area contributed by atoms with Crippen molar-refractivity contribution in [3.8, 4) is 11.5 Å². The van der Waals surface area contributed by atoms with Crippen molar-refractivity contribution in [3.63, 3.8) is 0 Å². The van der Waals surface area contributed by atoms with E-state index in [4.69, 9.17) is 0 Å². The van der Waals surface area contributed by atoms with Gasteiger partial charge in [0.15, 0.2) is 11.5 Å². The Hall–Kier alpha value is -5.92. The van der Waals surface area contributed by atoms with E-state index in [0.717, 1.165) is 36.4 Å². The van der Waals surface area contributed by atoms with Crippen LogP contribution in [0.1, 0.15) is 0 Å². The Bertz CT molecular complexity index is 2890. The molecule has 7 N–H and O–H groups in total. The van der Waals surface area contributed by atoms with Crippen molar-refractivity contribution in [3.05, 3.63) is 97.1 Å². The Morgan fingerprint density at radius 1 is 0.418 bits per heavy atom. The van der Waals surface area contributed by atoms with Crippen LogP contribution in [0, 0.1) is 0 Å². The SMILES string of the molecule is O=S(=O)(O)c1ccccc1N=Nc1c(S(=O)(=O)O)cc2cc(Nc3ccc4c(O)c(N=Nc5ccccc5S(=O)(=O)O)c(S(=O)(=O)O)cc4c3)ccc2c1O. The highest BCUT2D eigenvalue weighted by Gasteiger charge is 2.25. The van der Waals surface area contributed by atoms with Crippen LogP contribution in [0.15, 0.2) is 137 Å². The zero-order valence-electron chi connectivity index (χ0n) is 27.1. The molecule has 6 aromatic carbocycles. The molecule has 0 heterocycles. The highest BCUT2D eigenvalue weighted by Crippen LogP contribution is 2.44. The van der Waals surface area contributed by atoms with E-state index in [1.165, 1.54) is 60.7 Å². The van der Waals surface area contributed by atoms with E-state index in [-0.39, 0.29) is 32.9 Å². The lowest BCUT2D eigenvalue weighted by molar-refractivity contribution is 0.471. The zero-order chi connectivity index (χ0) is 40.1. The van der Waals surface area contributed by atoms with E-state index in [1.807, 2.05) is 0 Å². The number of hydrogen-bond donors (Lipinski definition) is 7. The molecule has 6 rings (SSSR count). The maximum Gasteiger partial charge on any atom is 0.296 e. The summed E-state index contributed by atoms with van der Waals surface area (Å²) in [5.74, 6) is -1.53. The van der Waals surface area contributed by atoms with Crippen LogP contribution in [-0.2, 0) is 40.5 Å². The van der Waals surface area contributed by atoms with Crippen molar-refractivity contribution in [1.82, 2.24) is 0 Å². The molecule has 0 aliphatic carbocycles. The number of azo groups is 2. The van der Waals surface area contributed by atoms with Crippen molar-refractivity contribution in [2.24, 2.45) is 20.5 Å². The highest BCUT2D eigenvalue weighted by molar-refractivity contribution is 7.86. The molecule has 55 heavy (non-hydrogen) atoms. The van der Waals surface area contributed by atoms with Crippen molar-refractivity contribution < 1.29 is 62.1 Å². The smallest absolute Gasteiger partial charge is 0.296 e. The Kier molecular flexibility index (Phi) is 9.91. The van der Waals surface area contributed by atoms with Crippen LogP contribution in [0.4, 0.5) is 34.1 Å². The molecule has 0 atom stereocenters. The van der Waals surface area contributed by atoms with Gasteiger partial charge in [-0.25, -0.2) is 0 Å². The summed E-state index contributed by atoms with van der Waals surface area (Å²) in [5, 5.41) is 39.9. The summed E-state index contributed by atoms with van der Waals surface area (Å²) < 4.78 is 135. The molecule has 0 aliphatic rings. The van der Waals surface area contributed by atoms with Gasteiger partial charge in [-0.05, 0) is 83.6 Å². The summed E-state index contributed by atoms with van der Waals surface area (Å²) in [7, 11) is -19.7. The average Bonchev–Trinajstić information content (AvgIpc) is 3.09. The summed E-state index contributed by atoms with van der Waals surface area (Å²) >= 11 is 0. The minimum atomic E-state index is -5.09. The number of benzene rings is 6. The van der Waals surface area contributed by atoms with Gasteiger partial charge in [-0.1, -0.05) is 24.3 Å². The largest absolute Gasteiger partial charge is 0.505 e. The lowest BCUT2D eigenvalue weighted by Gasteiger charge is -2.13. The normalized spacial score (nSPS) is 12.9. The molecule has 0 aromatic heterocycles. The summed E-state index contributed by atoms with van der Waals surface area (Å²) in [5.41, 5.74) is -1.78. The number of anilines is 2. The van der Waals surface area contributed by atoms with Crippen LogP contribution in [-0.4, -0.2) is 62.1 Å². The fourth-order valence-corrected chi connectivity index (χ4v) is 7.90. The number of hydrogen-bond acceptors (Lipinski definition) is 15. The topological polar surface area (TPSA) is 319 Å². The number of nitrogens with zero attached hydrogens (tertiary/aromatic N) is 4. The van der Waals surface area contributed by atoms with E-state index in [2.05, 4.69) is 25.8 Å². The van der Waals surface area contributed by atoms with Gasteiger partial charge in [0.1, 0.15) is 42.3 Å². The van der Waals surface area contributed by atoms with Crippen LogP contribution in [0.3, 0.4) is 0 Å². The fourth-order valence-electron chi connectivity index (χ4n) is 5.34. The minimum absolute atomic E-state index is 0.0112. The number of fused-ring (bicyclic) bond motifs is 2. The number of aromatic hydroxyl groups is 2. The average molecular weight is 830 g/mol. The molecule has 284 valence electrons. The van der Waals surface area contributed by atoms with Crippen molar-refractivity contribution in [2.75, 3.05) is 5.32 Å². The molecule has 23 heteroatoms. The summed E-state index contributed by atoms with van der Waals surface area (Å²) in [4.78, 5) is -3.13. The Labute approximate surface area is 311 Å². The predicted molar refractivity (Wildman–Crippen MR) is 195 cm³/mol. The van der Waals surface area contributed by atoms with E-state index in [1.54, 1.807) is 0 Å². The third-order valence-electron chi connectivity index (χ3n) is 7.75. The monoisotopic (exact) mass is 829 g/mol. The van der Waals surface area contributed by atoms with Crippen LogP contribution in [0.25, 0.3) is 21.5 Å². The van der Waals surface area contributed by atoms with Crippen molar-refractivity contribution in [2.45, 2.75) is 19.6 Å². The second-order valence-electron chi connectivity index (χ2n) is 11.4. The Morgan fingerprint density at radius 2 is 0.764 bits per heavy atom. The van der Waals surface area contributed by atoms with E-state index >= 15 is 0 Å². The number of nitrogens with one attached hydrogen (secondary N) is 1. The molecule has 0 radical (unpaired) electrons. The maximum absolute atomic E-state index is 12.4. The third-order valence-corrected chi connectivity index (χ3v) is 11.3. The van der Waals surface area contributed by atoms with Gasteiger partial charge in [0.2, 0.25) is 0 Å². The second kappa shape index (κ2) is 14.1. The van der Waals surface area contributed by atoms with Crippen molar-refractivity contribution in [1.29, 1.82) is 0 Å². The number of phenolic OH excluding ortho intramolecular Hbond substituents is 2. The predicted octanol–water partition coefficient (Wildman–Crippen LogP) is 6.97. The molecule has 0 aliphatic heterocycles. The molecule has 0 amide bonds. The van der Waals surface area contributed by atoms with Gasteiger partial charge in [-0.15, -0.1) is 20.5 Å². The summed E-state index contributed by atoms with van der Waals surface area (Å²) in [6.07, 6.45) is 0. The molecular weight excluding hydrogens is 807 g/mol. The van der Waals surface area contributed by atoms with Crippen LogP contribution in [0.2, 0.25) is 0 Å². The second-order valence-corrected chi connectivity index (χ2v) is 16.9. The molecule has 0 saturated carbocycles. The maximum atomic E-state index is 12.4. The first-order valence-corrected chi connectivity index (χ1v) is 20.7. The Morgan fingerprint density at radius 3 is 1.11 bits per heavy atom. The third kappa shape index (κ3) is 8.13. The highest BCUT2D eigenvalue weighted by atomic mass is 32.2. The number of phenols is 2. The quantitative estimate of drug-likeness (QED) is 0.0541. The summed E-state index contributed by atoms with van der Waals surface area (Å²) in [6.45, 7) is 0. The molecule has 19 nitrogen and oxygen atoms in total. The van der Waals surface area contributed by atoms with Gasteiger partial charge in [-0.3, -0.25) is 18.2 Å². The molecule has 0 fully saturated rings. The first-order chi connectivity index (χ1) is 25.6. The molecule has 6 aromatic rings. The van der Waals surface area contributed by atoms with E-state index < -0.39 is 94.3 Å². The molecule has 0 bridgehead atoms. The van der Waals surface area contributed by atoms with Crippen molar-refractivity contribution >= 4 is 96.1 Å². The summed E-state index contributed by atoms with van der Waals surface area (Å²) in [6, 6.07) is 19.8. The fraction of sp³-hybridized carbons (Fsp3) is 0. The Balaban J connectivity index is 1.39. The first kappa shape index (κ1) is 38.8. The number of rotatable bonds is 10. The molecule has 0 spiro atoms. The standard InChI is InChI=1S/C32H23N5O14S4/c38-31-21-11-9-19(13-17(21)15-27(54(46,47)48)29(31)36-34-23-5-1-3-7-25(23)52(40,41)42)33-20-10-12-22-18(14-20)16-28(55(49,50)51)30(32(22)39)37-35-24-6-2-4-8-26(24)53(43,44)45/h1-16,33,38-39H,(H,40,41,42)(H,43,44,45)(H,46,47,48)(H,49,50,51). The van der Waals surface area contributed by atoms with Gasteiger partial charge in [0.05, 0.1) is 0 Å². The van der Waals surface area contributed by atoms with Gasteiger partial charge in [0, 0.05) is 22.1 Å². The first-order valence-electron chi connectivity index (χ1n) is 14.9.